The fraction of sp³-hybridized carbons (Fsp3) is 0.100. The molecule has 0 saturated heterocycles. The van der Waals surface area contributed by atoms with Gasteiger partial charge in [-0.05, 0) is 11.6 Å². The average Bonchev–Trinajstić information content (AvgIpc) is 2.16. The van der Waals surface area contributed by atoms with Crippen LogP contribution in [0.25, 0.3) is 6.08 Å². The Morgan fingerprint density at radius 3 is 2.75 bits per heavy atom. The van der Waals surface area contributed by atoms with E-state index in [1.54, 1.807) is 19.2 Å². The summed E-state index contributed by atoms with van der Waals surface area (Å²) in [5.41, 5.74) is 1.52. The van der Waals surface area contributed by atoms with E-state index in [1.165, 1.54) is 0 Å². The molecule has 0 aromatic heterocycles. The van der Waals surface area contributed by atoms with Crippen molar-refractivity contribution >= 4 is 12.0 Å². The molecule has 1 aromatic rings. The van der Waals surface area contributed by atoms with Gasteiger partial charge in [-0.15, -0.1) is 0 Å². The quantitative estimate of drug-likeness (QED) is 0.702. The SMILES string of the molecule is C=Cc1ccccc1C(=O)NC. The predicted molar refractivity (Wildman–Crippen MR) is 49.9 cm³/mol. The zero-order valence-electron chi connectivity index (χ0n) is 7.00. The molecule has 62 valence electrons. The van der Waals surface area contributed by atoms with Gasteiger partial charge in [-0.25, -0.2) is 0 Å². The number of carbonyl (C=O) groups excluding carboxylic acids is 1. The first-order valence-corrected chi connectivity index (χ1v) is 3.73. The molecule has 0 fully saturated rings. The number of nitrogens with one attached hydrogen (secondary N) is 1. The Bertz CT molecular complexity index is 304. The molecule has 0 bridgehead atoms. The van der Waals surface area contributed by atoms with Crippen LogP contribution in [0.2, 0.25) is 0 Å². The van der Waals surface area contributed by atoms with Crippen LogP contribution in [0.3, 0.4) is 0 Å². The van der Waals surface area contributed by atoms with E-state index in [0.29, 0.717) is 5.56 Å². The third-order valence-electron chi connectivity index (χ3n) is 1.65. The van der Waals surface area contributed by atoms with Crippen molar-refractivity contribution in [1.29, 1.82) is 0 Å². The maximum atomic E-state index is 11.2. The fourth-order valence-corrected chi connectivity index (χ4v) is 1.02. The second-order valence-corrected chi connectivity index (χ2v) is 2.37. The van der Waals surface area contributed by atoms with Gasteiger partial charge in [0.2, 0.25) is 0 Å². The van der Waals surface area contributed by atoms with Gasteiger partial charge in [0.05, 0.1) is 0 Å². The Hall–Kier alpha value is -1.57. The first-order valence-electron chi connectivity index (χ1n) is 3.73. The number of hydrogen-bond acceptors (Lipinski definition) is 1. The summed E-state index contributed by atoms with van der Waals surface area (Å²) in [6.07, 6.45) is 1.67. The minimum Gasteiger partial charge on any atom is -0.355 e. The van der Waals surface area contributed by atoms with E-state index >= 15 is 0 Å². The van der Waals surface area contributed by atoms with E-state index in [1.807, 2.05) is 18.2 Å². The van der Waals surface area contributed by atoms with E-state index < -0.39 is 0 Å². The van der Waals surface area contributed by atoms with Gasteiger partial charge in [0.15, 0.2) is 0 Å². The van der Waals surface area contributed by atoms with Gasteiger partial charge in [0, 0.05) is 12.6 Å². The summed E-state index contributed by atoms with van der Waals surface area (Å²) in [5.74, 6) is -0.0782. The van der Waals surface area contributed by atoms with Crippen molar-refractivity contribution in [1.82, 2.24) is 5.32 Å². The van der Waals surface area contributed by atoms with Crippen molar-refractivity contribution in [3.63, 3.8) is 0 Å². The Morgan fingerprint density at radius 1 is 1.50 bits per heavy atom. The van der Waals surface area contributed by atoms with E-state index in [9.17, 15) is 4.79 Å². The zero-order chi connectivity index (χ0) is 8.97. The molecule has 0 aliphatic heterocycles. The second-order valence-electron chi connectivity index (χ2n) is 2.37. The molecule has 1 N–H and O–H groups in total. The highest BCUT2D eigenvalue weighted by Crippen LogP contribution is 2.08. The summed E-state index contributed by atoms with van der Waals surface area (Å²) in [5, 5.41) is 2.57. The predicted octanol–water partition coefficient (Wildman–Crippen LogP) is 1.69. The lowest BCUT2D eigenvalue weighted by molar-refractivity contribution is 0.0963. The Balaban J connectivity index is 3.13. The molecule has 0 aliphatic rings. The summed E-state index contributed by atoms with van der Waals surface area (Å²) < 4.78 is 0. The van der Waals surface area contributed by atoms with Gasteiger partial charge in [-0.1, -0.05) is 30.9 Å². The van der Waals surface area contributed by atoms with Crippen LogP contribution in [0, 0.1) is 0 Å². The molecular formula is C10H11NO. The molecule has 1 aromatic carbocycles. The van der Waals surface area contributed by atoms with Gasteiger partial charge in [0.25, 0.3) is 5.91 Å². The normalized spacial score (nSPS) is 9.08. The first kappa shape index (κ1) is 8.53. The topological polar surface area (TPSA) is 29.1 Å². The van der Waals surface area contributed by atoms with Crippen LogP contribution in [0.4, 0.5) is 0 Å². The van der Waals surface area contributed by atoms with Crippen molar-refractivity contribution in [2.75, 3.05) is 7.05 Å². The van der Waals surface area contributed by atoms with Crippen molar-refractivity contribution in [2.45, 2.75) is 0 Å². The Kier molecular flexibility index (Phi) is 2.64. The monoisotopic (exact) mass is 161 g/mol. The highest BCUT2D eigenvalue weighted by molar-refractivity contribution is 5.97. The number of benzene rings is 1. The summed E-state index contributed by atoms with van der Waals surface area (Å²) in [6, 6.07) is 7.34. The van der Waals surface area contributed by atoms with Crippen LogP contribution in [0.1, 0.15) is 15.9 Å². The fourth-order valence-electron chi connectivity index (χ4n) is 1.02. The van der Waals surface area contributed by atoms with Gasteiger partial charge >= 0.3 is 0 Å². The van der Waals surface area contributed by atoms with Crippen molar-refractivity contribution < 1.29 is 4.79 Å². The van der Waals surface area contributed by atoms with Crippen LogP contribution in [-0.2, 0) is 0 Å². The van der Waals surface area contributed by atoms with Crippen LogP contribution >= 0.6 is 0 Å². The summed E-state index contributed by atoms with van der Waals surface area (Å²) >= 11 is 0. The van der Waals surface area contributed by atoms with Crippen molar-refractivity contribution in [3.05, 3.63) is 42.0 Å². The molecule has 1 amide bonds. The lowest BCUT2D eigenvalue weighted by Crippen LogP contribution is -2.18. The van der Waals surface area contributed by atoms with E-state index in [2.05, 4.69) is 11.9 Å². The van der Waals surface area contributed by atoms with Crippen LogP contribution < -0.4 is 5.32 Å². The molecule has 12 heavy (non-hydrogen) atoms. The minimum absolute atomic E-state index is 0.0782. The minimum atomic E-state index is -0.0782. The molecule has 0 radical (unpaired) electrons. The lowest BCUT2D eigenvalue weighted by Gasteiger charge is -2.02. The van der Waals surface area contributed by atoms with Gasteiger partial charge in [0.1, 0.15) is 0 Å². The van der Waals surface area contributed by atoms with Crippen LogP contribution in [-0.4, -0.2) is 13.0 Å². The third-order valence-corrected chi connectivity index (χ3v) is 1.65. The second kappa shape index (κ2) is 3.72. The maximum Gasteiger partial charge on any atom is 0.251 e. The smallest absolute Gasteiger partial charge is 0.251 e. The van der Waals surface area contributed by atoms with Gasteiger partial charge < -0.3 is 5.32 Å². The third kappa shape index (κ3) is 1.53. The maximum absolute atomic E-state index is 11.2. The molecule has 0 unspecified atom stereocenters. The molecular weight excluding hydrogens is 150 g/mol. The number of hydrogen-bond donors (Lipinski definition) is 1. The highest BCUT2D eigenvalue weighted by Gasteiger charge is 2.04. The lowest BCUT2D eigenvalue weighted by atomic mass is 10.1. The van der Waals surface area contributed by atoms with E-state index in [-0.39, 0.29) is 5.91 Å². The summed E-state index contributed by atoms with van der Waals surface area (Å²) in [7, 11) is 1.61. The number of rotatable bonds is 2. The van der Waals surface area contributed by atoms with E-state index in [4.69, 9.17) is 0 Å². The largest absolute Gasteiger partial charge is 0.355 e. The summed E-state index contributed by atoms with van der Waals surface area (Å²) in [4.78, 5) is 11.2. The van der Waals surface area contributed by atoms with Crippen molar-refractivity contribution in [3.8, 4) is 0 Å². The zero-order valence-corrected chi connectivity index (χ0v) is 7.00. The van der Waals surface area contributed by atoms with E-state index in [0.717, 1.165) is 5.56 Å². The van der Waals surface area contributed by atoms with Gasteiger partial charge in [-0.2, -0.15) is 0 Å². The first-order chi connectivity index (χ1) is 5.79. The molecule has 0 heterocycles. The molecule has 0 aliphatic carbocycles. The average molecular weight is 161 g/mol. The molecule has 2 nitrogen and oxygen atoms in total. The number of amides is 1. The van der Waals surface area contributed by atoms with Crippen LogP contribution in [0.15, 0.2) is 30.8 Å². The Labute approximate surface area is 71.9 Å². The molecule has 0 saturated carbocycles. The molecule has 2 heteroatoms. The molecule has 0 spiro atoms. The van der Waals surface area contributed by atoms with Gasteiger partial charge in [-0.3, -0.25) is 4.79 Å². The molecule has 0 atom stereocenters. The number of carbonyl (C=O) groups is 1. The van der Waals surface area contributed by atoms with Crippen LogP contribution in [0.5, 0.6) is 0 Å². The molecule has 1 rings (SSSR count). The standard InChI is InChI=1S/C10H11NO/c1-3-8-6-4-5-7-9(8)10(12)11-2/h3-7H,1H2,2H3,(H,11,12). The summed E-state index contributed by atoms with van der Waals surface area (Å²) in [6.45, 7) is 3.63. The Morgan fingerprint density at radius 2 is 2.17 bits per heavy atom. The van der Waals surface area contributed by atoms with Crippen molar-refractivity contribution in [2.24, 2.45) is 0 Å². The highest BCUT2D eigenvalue weighted by atomic mass is 16.1.